The SMILES string of the molecule is O=[N+]([O-])N(N=Cc1ccccc1I)c1ccccc1. The third-order valence-electron chi connectivity index (χ3n) is 2.35. The van der Waals surface area contributed by atoms with Gasteiger partial charge in [-0.3, -0.25) is 0 Å². The van der Waals surface area contributed by atoms with Gasteiger partial charge in [-0.05, 0) is 40.8 Å². The van der Waals surface area contributed by atoms with Crippen molar-refractivity contribution in [3.63, 3.8) is 0 Å². The van der Waals surface area contributed by atoms with Gasteiger partial charge >= 0.3 is 0 Å². The molecule has 0 aromatic heterocycles. The van der Waals surface area contributed by atoms with Crippen LogP contribution in [-0.4, -0.2) is 11.2 Å². The van der Waals surface area contributed by atoms with Crippen LogP contribution in [-0.2, 0) is 0 Å². The monoisotopic (exact) mass is 367 g/mol. The van der Waals surface area contributed by atoms with Crippen molar-refractivity contribution >= 4 is 34.5 Å². The number of rotatable bonds is 4. The lowest BCUT2D eigenvalue weighted by Crippen LogP contribution is -2.23. The fourth-order valence-corrected chi connectivity index (χ4v) is 1.99. The summed E-state index contributed by atoms with van der Waals surface area (Å²) in [5.41, 5.74) is 1.25. The molecule has 0 unspecified atom stereocenters. The summed E-state index contributed by atoms with van der Waals surface area (Å²) in [6, 6.07) is 16.1. The largest absolute Gasteiger partial charge is 0.339 e. The molecule has 0 N–H and O–H groups in total. The molecule has 0 spiro atoms. The Morgan fingerprint density at radius 1 is 1.11 bits per heavy atom. The molecular weight excluding hydrogens is 357 g/mol. The van der Waals surface area contributed by atoms with Crippen molar-refractivity contribution in [2.45, 2.75) is 0 Å². The standard InChI is InChI=1S/C13H10IN3O2/c14-13-9-5-4-6-11(13)10-15-16(17(18)19)12-7-2-1-3-8-12/h1-10H. The Morgan fingerprint density at radius 2 is 1.74 bits per heavy atom. The minimum atomic E-state index is -0.554. The molecule has 96 valence electrons. The number of anilines is 1. The van der Waals surface area contributed by atoms with Gasteiger partial charge in [-0.25, -0.2) is 0 Å². The lowest BCUT2D eigenvalue weighted by atomic mass is 10.2. The molecule has 0 amide bonds. The summed E-state index contributed by atoms with van der Waals surface area (Å²) in [7, 11) is 0. The number of hydrogen-bond donors (Lipinski definition) is 0. The van der Waals surface area contributed by atoms with Crippen LogP contribution in [0.15, 0.2) is 59.7 Å². The van der Waals surface area contributed by atoms with Gasteiger partial charge in [0, 0.05) is 19.4 Å². The van der Waals surface area contributed by atoms with Crippen LogP contribution in [0.5, 0.6) is 0 Å². The zero-order valence-electron chi connectivity index (χ0n) is 9.81. The van der Waals surface area contributed by atoms with Gasteiger partial charge < -0.3 is 10.1 Å². The molecule has 2 aromatic carbocycles. The molecule has 0 aliphatic heterocycles. The van der Waals surface area contributed by atoms with Crippen LogP contribution >= 0.6 is 22.6 Å². The summed E-state index contributed by atoms with van der Waals surface area (Å²) in [6.07, 6.45) is 1.48. The molecule has 0 aliphatic carbocycles. The van der Waals surface area contributed by atoms with Crippen LogP contribution in [0.25, 0.3) is 0 Å². The van der Waals surface area contributed by atoms with E-state index in [4.69, 9.17) is 0 Å². The smallest absolute Gasteiger partial charge is 0.174 e. The van der Waals surface area contributed by atoms with Crippen molar-refractivity contribution in [2.24, 2.45) is 5.10 Å². The van der Waals surface area contributed by atoms with Gasteiger partial charge in [0.05, 0.1) is 5.03 Å². The molecule has 0 fully saturated rings. The van der Waals surface area contributed by atoms with E-state index in [0.29, 0.717) is 5.69 Å². The second-order valence-corrected chi connectivity index (χ2v) is 4.79. The Hall–Kier alpha value is -1.96. The Balaban J connectivity index is 2.28. The van der Waals surface area contributed by atoms with E-state index in [1.807, 2.05) is 24.3 Å². The Morgan fingerprint density at radius 3 is 2.37 bits per heavy atom. The highest BCUT2D eigenvalue weighted by molar-refractivity contribution is 14.1. The summed E-state index contributed by atoms with van der Waals surface area (Å²) in [5.74, 6) is 0. The van der Waals surface area contributed by atoms with Gasteiger partial charge in [0.2, 0.25) is 0 Å². The number of hydrazone groups is 1. The maximum Gasteiger partial charge on any atom is 0.174 e. The first kappa shape index (κ1) is 13.5. The quantitative estimate of drug-likeness (QED) is 0.361. The lowest BCUT2D eigenvalue weighted by Gasteiger charge is -2.07. The van der Waals surface area contributed by atoms with Crippen molar-refractivity contribution in [3.05, 3.63) is 73.8 Å². The average Bonchev–Trinajstić information content (AvgIpc) is 2.42. The highest BCUT2D eigenvalue weighted by Crippen LogP contribution is 2.14. The number of benzene rings is 2. The van der Waals surface area contributed by atoms with E-state index in [1.54, 1.807) is 30.3 Å². The van der Waals surface area contributed by atoms with Gasteiger partial charge in [0.1, 0.15) is 5.69 Å². The highest BCUT2D eigenvalue weighted by atomic mass is 127. The van der Waals surface area contributed by atoms with Crippen molar-refractivity contribution in [1.82, 2.24) is 0 Å². The van der Waals surface area contributed by atoms with Crippen molar-refractivity contribution in [1.29, 1.82) is 0 Å². The Bertz CT molecular complexity index is 602. The summed E-state index contributed by atoms with van der Waals surface area (Å²) < 4.78 is 0.986. The zero-order valence-corrected chi connectivity index (χ0v) is 12.0. The normalized spacial score (nSPS) is 10.6. The minimum absolute atomic E-state index is 0.412. The third-order valence-corrected chi connectivity index (χ3v) is 3.34. The van der Waals surface area contributed by atoms with E-state index in [1.165, 1.54) is 6.21 Å². The number of para-hydroxylation sites is 1. The first-order valence-corrected chi connectivity index (χ1v) is 6.54. The van der Waals surface area contributed by atoms with Gasteiger partial charge in [-0.2, -0.15) is 0 Å². The minimum Gasteiger partial charge on any atom is -0.339 e. The van der Waals surface area contributed by atoms with Gasteiger partial charge in [-0.15, -0.1) is 0 Å². The number of halogens is 1. The predicted octanol–water partition coefficient (Wildman–Crippen LogP) is 3.32. The molecule has 19 heavy (non-hydrogen) atoms. The first-order valence-electron chi connectivity index (χ1n) is 5.46. The van der Waals surface area contributed by atoms with E-state index < -0.39 is 5.03 Å². The molecule has 2 rings (SSSR count). The zero-order chi connectivity index (χ0) is 13.7. The van der Waals surface area contributed by atoms with E-state index in [0.717, 1.165) is 14.3 Å². The maximum atomic E-state index is 11.0. The summed E-state index contributed by atoms with van der Waals surface area (Å²) in [4.78, 5) is 11.0. The van der Waals surface area contributed by atoms with Crippen LogP contribution < -0.4 is 5.12 Å². The molecule has 2 aromatic rings. The molecule has 0 saturated heterocycles. The summed E-state index contributed by atoms with van der Waals surface area (Å²) in [5, 5.41) is 15.2. The molecule has 0 radical (unpaired) electrons. The van der Waals surface area contributed by atoms with Crippen molar-refractivity contribution in [2.75, 3.05) is 5.12 Å². The highest BCUT2D eigenvalue weighted by Gasteiger charge is 2.14. The van der Waals surface area contributed by atoms with Crippen LogP contribution in [0.3, 0.4) is 0 Å². The second kappa shape index (κ2) is 6.28. The molecule has 0 bridgehead atoms. The number of nitro groups is 1. The van der Waals surface area contributed by atoms with Gasteiger partial charge in [0.15, 0.2) is 6.21 Å². The molecule has 0 saturated carbocycles. The number of hydrogen-bond acceptors (Lipinski definition) is 3. The predicted molar refractivity (Wildman–Crippen MR) is 82.7 cm³/mol. The lowest BCUT2D eigenvalue weighted by molar-refractivity contribution is -0.495. The Labute approximate surface area is 123 Å². The molecule has 0 heterocycles. The second-order valence-electron chi connectivity index (χ2n) is 3.63. The van der Waals surface area contributed by atoms with Crippen LogP contribution in [0.4, 0.5) is 5.69 Å². The van der Waals surface area contributed by atoms with Crippen LogP contribution in [0.2, 0.25) is 0 Å². The van der Waals surface area contributed by atoms with Crippen LogP contribution in [0.1, 0.15) is 5.56 Å². The average molecular weight is 367 g/mol. The van der Waals surface area contributed by atoms with Crippen molar-refractivity contribution in [3.8, 4) is 0 Å². The van der Waals surface area contributed by atoms with E-state index in [-0.39, 0.29) is 0 Å². The summed E-state index contributed by atoms with van der Waals surface area (Å²) in [6.45, 7) is 0. The van der Waals surface area contributed by atoms with Gasteiger partial charge in [-0.1, -0.05) is 36.4 Å². The molecular formula is C13H10IN3O2. The number of nitrogens with zero attached hydrogens (tertiary/aromatic N) is 3. The molecule has 6 heteroatoms. The van der Waals surface area contributed by atoms with E-state index in [2.05, 4.69) is 27.7 Å². The molecule has 0 atom stereocenters. The topological polar surface area (TPSA) is 58.7 Å². The van der Waals surface area contributed by atoms with Crippen molar-refractivity contribution < 1.29 is 5.03 Å². The first-order chi connectivity index (χ1) is 9.18. The van der Waals surface area contributed by atoms with E-state index >= 15 is 0 Å². The molecule has 5 nitrogen and oxygen atoms in total. The Kier molecular flexibility index (Phi) is 4.45. The van der Waals surface area contributed by atoms with Gasteiger partial charge in [0.25, 0.3) is 0 Å². The third kappa shape index (κ3) is 3.50. The van der Waals surface area contributed by atoms with E-state index in [9.17, 15) is 10.1 Å². The summed E-state index contributed by atoms with van der Waals surface area (Å²) >= 11 is 2.16. The fourth-order valence-electron chi connectivity index (χ4n) is 1.46. The van der Waals surface area contributed by atoms with Crippen LogP contribution in [0, 0.1) is 13.7 Å². The number of hydrazine groups is 1. The maximum absolute atomic E-state index is 11.0. The molecule has 0 aliphatic rings. The fraction of sp³-hybridized carbons (Fsp3) is 0.